The monoisotopic (exact) mass is 254 g/mol. The summed E-state index contributed by atoms with van der Waals surface area (Å²) in [5.74, 6) is 0.278. The van der Waals surface area contributed by atoms with Crippen molar-refractivity contribution in [3.05, 3.63) is 42.1 Å². The van der Waals surface area contributed by atoms with E-state index in [1.807, 2.05) is 30.3 Å². The standard InChI is InChI=1S/C16H18N2O/c17-14-6-3-5-12(9-14)16(19)13-8-11-4-1-2-7-15(11)18-10-13/h1-2,4,7-8,10,12,14H,3,5-6,9,17H2. The van der Waals surface area contributed by atoms with Gasteiger partial charge in [0.25, 0.3) is 0 Å². The molecule has 0 amide bonds. The summed E-state index contributed by atoms with van der Waals surface area (Å²) in [7, 11) is 0. The van der Waals surface area contributed by atoms with Crippen LogP contribution in [-0.2, 0) is 0 Å². The number of fused-ring (bicyclic) bond motifs is 1. The van der Waals surface area contributed by atoms with Gasteiger partial charge in [0.15, 0.2) is 5.78 Å². The lowest BCUT2D eigenvalue weighted by atomic mass is 9.82. The Bertz CT molecular complexity index is 608. The molecule has 19 heavy (non-hydrogen) atoms. The number of hydrogen-bond donors (Lipinski definition) is 1. The Morgan fingerprint density at radius 2 is 2.11 bits per heavy atom. The van der Waals surface area contributed by atoms with Crippen molar-refractivity contribution in [1.82, 2.24) is 4.98 Å². The van der Waals surface area contributed by atoms with E-state index in [9.17, 15) is 4.79 Å². The van der Waals surface area contributed by atoms with Crippen molar-refractivity contribution in [2.45, 2.75) is 31.7 Å². The zero-order chi connectivity index (χ0) is 13.2. The predicted molar refractivity (Wildman–Crippen MR) is 76.0 cm³/mol. The van der Waals surface area contributed by atoms with E-state index in [1.165, 1.54) is 0 Å². The number of carbonyl (C=O) groups is 1. The minimum absolute atomic E-state index is 0.0757. The van der Waals surface area contributed by atoms with Crippen molar-refractivity contribution >= 4 is 16.7 Å². The van der Waals surface area contributed by atoms with Crippen LogP contribution in [0.2, 0.25) is 0 Å². The highest BCUT2D eigenvalue weighted by molar-refractivity contribution is 6.00. The van der Waals surface area contributed by atoms with E-state index in [1.54, 1.807) is 6.20 Å². The Morgan fingerprint density at radius 1 is 1.26 bits per heavy atom. The minimum atomic E-state index is 0.0757. The summed E-state index contributed by atoms with van der Waals surface area (Å²) < 4.78 is 0. The van der Waals surface area contributed by atoms with Crippen LogP contribution in [0.3, 0.4) is 0 Å². The quantitative estimate of drug-likeness (QED) is 0.838. The molecule has 0 spiro atoms. The van der Waals surface area contributed by atoms with Crippen molar-refractivity contribution in [1.29, 1.82) is 0 Å². The topological polar surface area (TPSA) is 56.0 Å². The third kappa shape index (κ3) is 2.51. The molecule has 3 heteroatoms. The molecule has 2 aromatic rings. The molecule has 2 atom stereocenters. The Morgan fingerprint density at radius 3 is 2.95 bits per heavy atom. The molecule has 0 aliphatic heterocycles. The second-order valence-electron chi connectivity index (χ2n) is 5.40. The van der Waals surface area contributed by atoms with Gasteiger partial charge < -0.3 is 5.73 Å². The molecule has 98 valence electrons. The van der Waals surface area contributed by atoms with Crippen molar-refractivity contribution in [2.24, 2.45) is 11.7 Å². The number of rotatable bonds is 2. The summed E-state index contributed by atoms with van der Waals surface area (Å²) in [6.45, 7) is 0. The molecule has 1 aliphatic rings. The fourth-order valence-electron chi connectivity index (χ4n) is 2.91. The maximum absolute atomic E-state index is 12.5. The van der Waals surface area contributed by atoms with E-state index < -0.39 is 0 Å². The van der Waals surface area contributed by atoms with E-state index in [-0.39, 0.29) is 17.7 Å². The highest BCUT2D eigenvalue weighted by atomic mass is 16.1. The van der Waals surface area contributed by atoms with E-state index in [2.05, 4.69) is 4.98 Å². The molecular weight excluding hydrogens is 236 g/mol. The summed E-state index contributed by atoms with van der Waals surface area (Å²) in [6, 6.07) is 10.00. The van der Waals surface area contributed by atoms with E-state index >= 15 is 0 Å². The van der Waals surface area contributed by atoms with Gasteiger partial charge in [0.2, 0.25) is 0 Å². The van der Waals surface area contributed by atoms with Crippen LogP contribution < -0.4 is 5.73 Å². The Hall–Kier alpha value is -1.74. The predicted octanol–water partition coefficient (Wildman–Crippen LogP) is 2.94. The zero-order valence-electron chi connectivity index (χ0n) is 10.9. The lowest BCUT2D eigenvalue weighted by Gasteiger charge is -2.25. The minimum Gasteiger partial charge on any atom is -0.328 e. The average Bonchev–Trinajstić information content (AvgIpc) is 2.46. The first-order valence-corrected chi connectivity index (χ1v) is 6.88. The van der Waals surface area contributed by atoms with E-state index in [4.69, 9.17) is 5.73 Å². The number of hydrogen-bond acceptors (Lipinski definition) is 3. The molecule has 1 fully saturated rings. The molecule has 1 aliphatic carbocycles. The maximum Gasteiger partial charge on any atom is 0.167 e. The van der Waals surface area contributed by atoms with E-state index in [0.717, 1.165) is 42.1 Å². The second-order valence-corrected chi connectivity index (χ2v) is 5.40. The fraction of sp³-hybridized carbons (Fsp3) is 0.375. The van der Waals surface area contributed by atoms with Gasteiger partial charge in [-0.25, -0.2) is 0 Å². The molecule has 2 N–H and O–H groups in total. The van der Waals surface area contributed by atoms with Crippen LogP contribution >= 0.6 is 0 Å². The molecule has 3 nitrogen and oxygen atoms in total. The van der Waals surface area contributed by atoms with Gasteiger partial charge in [-0.2, -0.15) is 0 Å². The summed E-state index contributed by atoms with van der Waals surface area (Å²) >= 11 is 0. The van der Waals surface area contributed by atoms with Crippen molar-refractivity contribution in [3.63, 3.8) is 0 Å². The highest BCUT2D eigenvalue weighted by Gasteiger charge is 2.26. The largest absolute Gasteiger partial charge is 0.328 e. The van der Waals surface area contributed by atoms with Crippen LogP contribution in [-0.4, -0.2) is 16.8 Å². The van der Waals surface area contributed by atoms with Gasteiger partial charge in [-0.05, 0) is 31.4 Å². The van der Waals surface area contributed by atoms with Crippen molar-refractivity contribution < 1.29 is 4.79 Å². The number of benzene rings is 1. The lowest BCUT2D eigenvalue weighted by molar-refractivity contribution is 0.0881. The number of nitrogens with zero attached hydrogens (tertiary/aromatic N) is 1. The lowest BCUT2D eigenvalue weighted by Crippen LogP contribution is -2.31. The van der Waals surface area contributed by atoms with Gasteiger partial charge in [0.05, 0.1) is 5.52 Å². The van der Waals surface area contributed by atoms with Crippen LogP contribution in [0.25, 0.3) is 10.9 Å². The molecule has 0 bridgehead atoms. The van der Waals surface area contributed by atoms with Crippen LogP contribution in [0.4, 0.5) is 0 Å². The smallest absolute Gasteiger partial charge is 0.167 e. The molecule has 0 radical (unpaired) electrons. The number of ketones is 1. The summed E-state index contributed by atoms with van der Waals surface area (Å²) in [5, 5.41) is 1.02. The normalized spacial score (nSPS) is 23.4. The highest BCUT2D eigenvalue weighted by Crippen LogP contribution is 2.27. The van der Waals surface area contributed by atoms with Crippen LogP contribution in [0.5, 0.6) is 0 Å². The summed E-state index contributed by atoms with van der Waals surface area (Å²) in [4.78, 5) is 16.9. The first-order chi connectivity index (χ1) is 9.24. The number of pyridine rings is 1. The van der Waals surface area contributed by atoms with Crippen LogP contribution in [0, 0.1) is 5.92 Å². The molecule has 3 rings (SSSR count). The van der Waals surface area contributed by atoms with Crippen LogP contribution in [0.15, 0.2) is 36.5 Å². The van der Waals surface area contributed by atoms with E-state index in [0.29, 0.717) is 0 Å². The Kier molecular flexibility index (Phi) is 3.30. The molecular formula is C16H18N2O. The molecule has 1 saturated carbocycles. The molecule has 1 aromatic heterocycles. The number of aromatic nitrogens is 1. The SMILES string of the molecule is NC1CCCC(C(=O)c2cnc3ccccc3c2)C1. The number of carbonyl (C=O) groups excluding carboxylic acids is 1. The number of Topliss-reactive ketones (excluding diaryl/α,β-unsaturated/α-hetero) is 1. The number of nitrogens with two attached hydrogens (primary N) is 1. The van der Waals surface area contributed by atoms with Gasteiger partial charge >= 0.3 is 0 Å². The average molecular weight is 254 g/mol. The van der Waals surface area contributed by atoms with Crippen LogP contribution in [0.1, 0.15) is 36.0 Å². The fourth-order valence-corrected chi connectivity index (χ4v) is 2.91. The van der Waals surface area contributed by atoms with Gasteiger partial charge in [0.1, 0.15) is 0 Å². The van der Waals surface area contributed by atoms with Gasteiger partial charge in [-0.15, -0.1) is 0 Å². The maximum atomic E-state index is 12.5. The molecule has 1 heterocycles. The Balaban J connectivity index is 1.88. The van der Waals surface area contributed by atoms with Crippen molar-refractivity contribution in [3.8, 4) is 0 Å². The summed E-state index contributed by atoms with van der Waals surface area (Å²) in [6.07, 6.45) is 5.56. The molecule has 2 unspecified atom stereocenters. The second kappa shape index (κ2) is 5.10. The summed E-state index contributed by atoms with van der Waals surface area (Å²) in [5.41, 5.74) is 7.61. The van der Waals surface area contributed by atoms with Gasteiger partial charge in [-0.1, -0.05) is 24.6 Å². The third-order valence-corrected chi connectivity index (χ3v) is 3.96. The zero-order valence-corrected chi connectivity index (χ0v) is 10.9. The van der Waals surface area contributed by atoms with Crippen molar-refractivity contribution in [2.75, 3.05) is 0 Å². The molecule has 0 saturated heterocycles. The van der Waals surface area contributed by atoms with Gasteiger partial charge in [-0.3, -0.25) is 9.78 Å². The third-order valence-electron chi connectivity index (χ3n) is 3.96. The van der Waals surface area contributed by atoms with Gasteiger partial charge in [0, 0.05) is 29.1 Å². The first kappa shape index (κ1) is 12.3. The molecule has 1 aromatic carbocycles. The first-order valence-electron chi connectivity index (χ1n) is 6.88. The number of para-hydroxylation sites is 1. The Labute approximate surface area is 112 Å².